The number of aliphatic hydroxyl groups excluding tert-OH is 1. The van der Waals surface area contributed by atoms with Crippen molar-refractivity contribution in [2.45, 2.75) is 64.8 Å². The molecule has 1 aliphatic heterocycles. The molecule has 4 atom stereocenters. The molecule has 2 aliphatic rings. The molecule has 0 amide bonds. The average molecular weight is 358 g/mol. The summed E-state index contributed by atoms with van der Waals surface area (Å²) in [7, 11) is 0. The standard InChI is InChI=1S/C21H26O5/c1-12-8-15-5-4-13(2)18(21(15)19(9-12)25-14(3)22)7-6-17-10-16(23)11-20(24)26-17/h4-7,12,16-17,19,23H,8-11H2,1-3H3/b7-6+. The third-order valence-corrected chi connectivity index (χ3v) is 5.08. The van der Waals surface area contributed by atoms with E-state index in [1.54, 1.807) is 0 Å². The summed E-state index contributed by atoms with van der Waals surface area (Å²) in [5, 5.41) is 9.77. The number of hydrogen-bond donors (Lipinski definition) is 1. The first-order valence-electron chi connectivity index (χ1n) is 9.18. The molecule has 1 saturated heterocycles. The van der Waals surface area contributed by atoms with Gasteiger partial charge in [0.25, 0.3) is 0 Å². The Balaban J connectivity index is 1.94. The van der Waals surface area contributed by atoms with Crippen LogP contribution in [0.5, 0.6) is 0 Å². The van der Waals surface area contributed by atoms with Gasteiger partial charge in [0, 0.05) is 18.9 Å². The van der Waals surface area contributed by atoms with Gasteiger partial charge in [-0.2, -0.15) is 0 Å². The van der Waals surface area contributed by atoms with E-state index < -0.39 is 12.2 Å². The van der Waals surface area contributed by atoms with E-state index in [1.165, 1.54) is 12.5 Å². The van der Waals surface area contributed by atoms with E-state index in [1.807, 2.05) is 19.1 Å². The Kier molecular flexibility index (Phi) is 5.47. The topological polar surface area (TPSA) is 72.8 Å². The Morgan fingerprint density at radius 3 is 2.77 bits per heavy atom. The van der Waals surface area contributed by atoms with Crippen molar-refractivity contribution in [2.24, 2.45) is 5.92 Å². The summed E-state index contributed by atoms with van der Waals surface area (Å²) < 4.78 is 10.9. The summed E-state index contributed by atoms with van der Waals surface area (Å²) in [4.78, 5) is 23.1. The van der Waals surface area contributed by atoms with Crippen LogP contribution in [0.1, 0.15) is 61.5 Å². The summed E-state index contributed by atoms with van der Waals surface area (Å²) >= 11 is 0. The van der Waals surface area contributed by atoms with Gasteiger partial charge in [-0.1, -0.05) is 25.1 Å². The Bertz CT molecular complexity index is 736. The summed E-state index contributed by atoms with van der Waals surface area (Å²) in [5.41, 5.74) is 4.34. The van der Waals surface area contributed by atoms with E-state index in [0.29, 0.717) is 12.3 Å². The van der Waals surface area contributed by atoms with Gasteiger partial charge in [0.2, 0.25) is 0 Å². The fraction of sp³-hybridized carbons (Fsp3) is 0.524. The first-order chi connectivity index (χ1) is 12.3. The minimum Gasteiger partial charge on any atom is -0.458 e. The van der Waals surface area contributed by atoms with E-state index in [2.05, 4.69) is 19.1 Å². The zero-order chi connectivity index (χ0) is 18.8. The molecule has 5 heteroatoms. The Morgan fingerprint density at radius 2 is 2.08 bits per heavy atom. The lowest BCUT2D eigenvalue weighted by molar-refractivity contribution is -0.156. The van der Waals surface area contributed by atoms with Crippen LogP contribution in [0.2, 0.25) is 0 Å². The van der Waals surface area contributed by atoms with Gasteiger partial charge >= 0.3 is 11.9 Å². The van der Waals surface area contributed by atoms with Crippen molar-refractivity contribution in [1.82, 2.24) is 0 Å². The van der Waals surface area contributed by atoms with Gasteiger partial charge in [0.05, 0.1) is 12.5 Å². The van der Waals surface area contributed by atoms with Crippen molar-refractivity contribution in [3.63, 3.8) is 0 Å². The molecule has 140 valence electrons. The van der Waals surface area contributed by atoms with Crippen molar-refractivity contribution >= 4 is 18.0 Å². The van der Waals surface area contributed by atoms with Gasteiger partial charge in [-0.3, -0.25) is 9.59 Å². The zero-order valence-corrected chi connectivity index (χ0v) is 15.5. The van der Waals surface area contributed by atoms with Crippen molar-refractivity contribution in [1.29, 1.82) is 0 Å². The highest BCUT2D eigenvalue weighted by Crippen LogP contribution is 2.39. The lowest BCUT2D eigenvalue weighted by atomic mass is 9.79. The molecule has 0 saturated carbocycles. The first-order valence-corrected chi connectivity index (χ1v) is 9.18. The molecule has 0 radical (unpaired) electrons. The second kappa shape index (κ2) is 7.62. The van der Waals surface area contributed by atoms with Crippen molar-refractivity contribution < 1.29 is 24.2 Å². The highest BCUT2D eigenvalue weighted by molar-refractivity contribution is 5.72. The Morgan fingerprint density at radius 1 is 1.31 bits per heavy atom. The number of ether oxygens (including phenoxy) is 2. The number of rotatable bonds is 3. The molecule has 0 aromatic heterocycles. The molecule has 1 N–H and O–H groups in total. The van der Waals surface area contributed by atoms with E-state index in [4.69, 9.17) is 9.47 Å². The van der Waals surface area contributed by atoms with Gasteiger partial charge in [0.15, 0.2) is 0 Å². The molecule has 1 aliphatic carbocycles. The third kappa shape index (κ3) is 4.15. The minimum absolute atomic E-state index is 0.0521. The van der Waals surface area contributed by atoms with Crippen LogP contribution in [0.25, 0.3) is 6.08 Å². The monoisotopic (exact) mass is 358 g/mol. The van der Waals surface area contributed by atoms with Crippen LogP contribution < -0.4 is 0 Å². The first kappa shape index (κ1) is 18.6. The Hall–Kier alpha value is -2.14. The third-order valence-electron chi connectivity index (χ3n) is 5.08. The molecule has 4 unspecified atom stereocenters. The predicted octanol–water partition coefficient (Wildman–Crippen LogP) is 3.26. The largest absolute Gasteiger partial charge is 0.458 e. The number of fused-ring (bicyclic) bond motifs is 1. The average Bonchev–Trinajstić information content (AvgIpc) is 2.52. The molecule has 0 spiro atoms. The van der Waals surface area contributed by atoms with Crippen LogP contribution in [-0.2, 0) is 25.5 Å². The lowest BCUT2D eigenvalue weighted by Crippen LogP contribution is -2.31. The zero-order valence-electron chi connectivity index (χ0n) is 15.5. The quantitative estimate of drug-likeness (QED) is 0.840. The smallest absolute Gasteiger partial charge is 0.309 e. The molecule has 1 fully saturated rings. The van der Waals surface area contributed by atoms with Crippen molar-refractivity contribution in [3.8, 4) is 0 Å². The van der Waals surface area contributed by atoms with E-state index >= 15 is 0 Å². The number of hydrogen-bond acceptors (Lipinski definition) is 5. The fourth-order valence-corrected chi connectivity index (χ4v) is 3.95. The van der Waals surface area contributed by atoms with E-state index in [9.17, 15) is 14.7 Å². The molecule has 1 heterocycles. The highest BCUT2D eigenvalue weighted by Gasteiger charge is 2.30. The van der Waals surface area contributed by atoms with Crippen molar-refractivity contribution in [3.05, 3.63) is 40.5 Å². The SMILES string of the molecule is CC(=O)OC1CC(C)Cc2ccc(C)c(/C=C/C3CC(O)CC(=O)O3)c21. The summed E-state index contributed by atoms with van der Waals surface area (Å²) in [6.07, 6.45) is 4.62. The van der Waals surface area contributed by atoms with E-state index in [-0.39, 0.29) is 24.5 Å². The maximum absolute atomic E-state index is 11.6. The molecule has 0 bridgehead atoms. The molecule has 1 aromatic carbocycles. The van der Waals surface area contributed by atoms with Gasteiger partial charge in [-0.15, -0.1) is 0 Å². The maximum Gasteiger partial charge on any atom is 0.309 e. The van der Waals surface area contributed by atoms with Gasteiger partial charge in [-0.05, 0) is 48.4 Å². The Labute approximate surface area is 154 Å². The minimum atomic E-state index is -0.661. The number of cyclic esters (lactones) is 1. The summed E-state index contributed by atoms with van der Waals surface area (Å²) in [6.45, 7) is 5.62. The van der Waals surface area contributed by atoms with Gasteiger partial charge < -0.3 is 14.6 Å². The molecule has 3 rings (SSSR count). The molecular formula is C21H26O5. The van der Waals surface area contributed by atoms with Crippen molar-refractivity contribution in [2.75, 3.05) is 0 Å². The molecule has 26 heavy (non-hydrogen) atoms. The second-order valence-corrected chi connectivity index (χ2v) is 7.49. The van der Waals surface area contributed by atoms with Crippen LogP contribution in [0, 0.1) is 12.8 Å². The van der Waals surface area contributed by atoms with Gasteiger partial charge in [-0.25, -0.2) is 0 Å². The van der Waals surface area contributed by atoms with Crippen LogP contribution >= 0.6 is 0 Å². The number of benzene rings is 1. The maximum atomic E-state index is 11.6. The molecule has 5 nitrogen and oxygen atoms in total. The van der Waals surface area contributed by atoms with Crippen LogP contribution in [0.15, 0.2) is 18.2 Å². The van der Waals surface area contributed by atoms with Gasteiger partial charge in [0.1, 0.15) is 12.2 Å². The number of carbonyl (C=O) groups is 2. The predicted molar refractivity (Wildman–Crippen MR) is 97.3 cm³/mol. The van der Waals surface area contributed by atoms with E-state index in [0.717, 1.165) is 29.5 Å². The number of aliphatic hydroxyl groups is 1. The number of esters is 2. The fourth-order valence-electron chi connectivity index (χ4n) is 3.95. The molecule has 1 aromatic rings. The summed E-state index contributed by atoms with van der Waals surface area (Å²) in [5.74, 6) is -0.214. The van der Waals surface area contributed by atoms with Crippen LogP contribution in [0.4, 0.5) is 0 Å². The van der Waals surface area contributed by atoms with Crippen LogP contribution in [0.3, 0.4) is 0 Å². The summed E-state index contributed by atoms with van der Waals surface area (Å²) in [6, 6.07) is 4.18. The number of carbonyl (C=O) groups excluding carboxylic acids is 2. The van der Waals surface area contributed by atoms with Crippen LogP contribution in [-0.4, -0.2) is 29.3 Å². The molecular weight excluding hydrogens is 332 g/mol. The normalized spacial score (nSPS) is 28.5. The highest BCUT2D eigenvalue weighted by atomic mass is 16.5. The lowest BCUT2D eigenvalue weighted by Gasteiger charge is -2.31. The number of aryl methyl sites for hydroxylation is 1. The second-order valence-electron chi connectivity index (χ2n) is 7.49.